The maximum absolute atomic E-state index is 12.6. The second-order valence-corrected chi connectivity index (χ2v) is 7.75. The molecule has 25 heavy (non-hydrogen) atoms. The molecular formula is C17H17N3O4S. The summed E-state index contributed by atoms with van der Waals surface area (Å²) >= 11 is 0. The van der Waals surface area contributed by atoms with Gasteiger partial charge in [-0.3, -0.25) is 0 Å². The first-order valence-corrected chi connectivity index (χ1v) is 9.24. The van der Waals surface area contributed by atoms with Gasteiger partial charge in [-0.25, -0.2) is 13.2 Å². The maximum Gasteiger partial charge on any atom is 0.360 e. The monoisotopic (exact) mass is 359 g/mol. The molecule has 0 saturated carbocycles. The van der Waals surface area contributed by atoms with E-state index in [1.165, 1.54) is 27.2 Å². The van der Waals surface area contributed by atoms with E-state index in [4.69, 9.17) is 10.00 Å². The summed E-state index contributed by atoms with van der Waals surface area (Å²) in [7, 11) is -2.01. The minimum atomic E-state index is -3.60. The Bertz CT molecular complexity index is 951. The molecule has 7 nitrogen and oxygen atoms in total. The number of carbonyl (C=O) groups is 1. The topological polar surface area (TPSA) is 92.4 Å². The molecule has 1 aromatic heterocycles. The SMILES string of the molecule is Cn1cc(S(=O)(=O)N2CCCC2)cc1C(=O)Oc1cccc(C#N)c1. The van der Waals surface area contributed by atoms with E-state index in [2.05, 4.69) is 0 Å². The fourth-order valence-electron chi connectivity index (χ4n) is 2.74. The summed E-state index contributed by atoms with van der Waals surface area (Å²) in [5, 5.41) is 8.89. The predicted molar refractivity (Wildman–Crippen MR) is 89.5 cm³/mol. The van der Waals surface area contributed by atoms with Gasteiger partial charge in [0.05, 0.1) is 11.6 Å². The van der Waals surface area contributed by atoms with Gasteiger partial charge in [0.1, 0.15) is 16.3 Å². The van der Waals surface area contributed by atoms with Crippen LogP contribution in [0.5, 0.6) is 5.75 Å². The number of hydrogen-bond acceptors (Lipinski definition) is 5. The first kappa shape index (κ1) is 17.2. The third kappa shape index (κ3) is 3.43. The van der Waals surface area contributed by atoms with Crippen molar-refractivity contribution in [3.05, 3.63) is 47.8 Å². The molecule has 0 aliphatic carbocycles. The Balaban J connectivity index is 1.84. The zero-order valence-corrected chi connectivity index (χ0v) is 14.5. The Labute approximate surface area is 146 Å². The minimum Gasteiger partial charge on any atom is -0.422 e. The molecule has 1 aliphatic heterocycles. The number of carbonyl (C=O) groups excluding carboxylic acids is 1. The summed E-state index contributed by atoms with van der Waals surface area (Å²) < 4.78 is 33.3. The Hall–Kier alpha value is -2.63. The number of sulfonamides is 1. The average Bonchev–Trinajstić information content (AvgIpc) is 3.25. The normalized spacial score (nSPS) is 15.0. The van der Waals surface area contributed by atoms with E-state index in [1.807, 2.05) is 6.07 Å². The lowest BCUT2D eigenvalue weighted by molar-refractivity contribution is 0.0724. The number of rotatable bonds is 4. The van der Waals surface area contributed by atoms with Crippen molar-refractivity contribution < 1.29 is 17.9 Å². The van der Waals surface area contributed by atoms with Gasteiger partial charge in [0.25, 0.3) is 0 Å². The van der Waals surface area contributed by atoms with E-state index in [1.54, 1.807) is 25.2 Å². The molecule has 2 aromatic rings. The van der Waals surface area contributed by atoms with Gasteiger partial charge in [-0.05, 0) is 37.1 Å². The van der Waals surface area contributed by atoms with Gasteiger partial charge in [0.2, 0.25) is 10.0 Å². The van der Waals surface area contributed by atoms with E-state index in [-0.39, 0.29) is 16.3 Å². The van der Waals surface area contributed by atoms with Crippen molar-refractivity contribution >= 4 is 16.0 Å². The lowest BCUT2D eigenvalue weighted by Gasteiger charge is -2.13. The number of nitrogens with zero attached hydrogens (tertiary/aromatic N) is 3. The quantitative estimate of drug-likeness (QED) is 0.614. The highest BCUT2D eigenvalue weighted by molar-refractivity contribution is 7.89. The van der Waals surface area contributed by atoms with E-state index < -0.39 is 16.0 Å². The average molecular weight is 359 g/mol. The third-order valence-corrected chi connectivity index (χ3v) is 5.93. The van der Waals surface area contributed by atoms with Gasteiger partial charge >= 0.3 is 5.97 Å². The van der Waals surface area contributed by atoms with Crippen LogP contribution in [-0.4, -0.2) is 36.3 Å². The van der Waals surface area contributed by atoms with Crippen LogP contribution in [0.15, 0.2) is 41.4 Å². The van der Waals surface area contributed by atoms with Crippen LogP contribution in [-0.2, 0) is 17.1 Å². The Morgan fingerprint density at radius 3 is 2.64 bits per heavy atom. The van der Waals surface area contributed by atoms with Crippen molar-refractivity contribution in [2.75, 3.05) is 13.1 Å². The van der Waals surface area contributed by atoms with Crippen molar-refractivity contribution in [2.24, 2.45) is 7.05 Å². The third-order valence-electron chi connectivity index (χ3n) is 4.07. The molecule has 0 bridgehead atoms. The fraction of sp³-hybridized carbons (Fsp3) is 0.294. The molecule has 1 aromatic carbocycles. The molecule has 8 heteroatoms. The summed E-state index contributed by atoms with van der Waals surface area (Å²) in [6.45, 7) is 0.996. The summed E-state index contributed by atoms with van der Waals surface area (Å²) in [6, 6.07) is 9.50. The van der Waals surface area contributed by atoms with Gasteiger partial charge in [-0.15, -0.1) is 0 Å². The first-order valence-electron chi connectivity index (χ1n) is 7.80. The Morgan fingerprint density at radius 2 is 1.96 bits per heavy atom. The molecular weight excluding hydrogens is 342 g/mol. The van der Waals surface area contributed by atoms with Crippen molar-refractivity contribution in [3.8, 4) is 11.8 Å². The van der Waals surface area contributed by atoms with Crippen molar-refractivity contribution in [1.82, 2.24) is 8.87 Å². The molecule has 3 rings (SSSR count). The molecule has 130 valence electrons. The standard InChI is InChI=1S/C17H17N3O4S/c1-19-12-15(25(22,23)20-7-2-3-8-20)10-16(19)17(21)24-14-6-4-5-13(9-14)11-18/h4-6,9-10,12H,2-3,7-8H2,1H3. The van der Waals surface area contributed by atoms with Gasteiger partial charge in [0.15, 0.2) is 0 Å². The second kappa shape index (κ2) is 6.70. The smallest absolute Gasteiger partial charge is 0.360 e. The molecule has 0 amide bonds. The van der Waals surface area contributed by atoms with Gasteiger partial charge < -0.3 is 9.30 Å². The van der Waals surface area contributed by atoms with Crippen molar-refractivity contribution in [3.63, 3.8) is 0 Å². The van der Waals surface area contributed by atoms with Crippen LogP contribution < -0.4 is 4.74 Å². The number of nitriles is 1. The number of benzene rings is 1. The number of hydrogen-bond donors (Lipinski definition) is 0. The summed E-state index contributed by atoms with van der Waals surface area (Å²) in [5.74, 6) is -0.449. The van der Waals surface area contributed by atoms with Crippen LogP contribution in [0.25, 0.3) is 0 Å². The number of esters is 1. The summed E-state index contributed by atoms with van der Waals surface area (Å²) in [5.41, 5.74) is 0.495. The van der Waals surface area contributed by atoms with Crippen LogP contribution in [0.4, 0.5) is 0 Å². The summed E-state index contributed by atoms with van der Waals surface area (Å²) in [4.78, 5) is 12.4. The Morgan fingerprint density at radius 1 is 1.24 bits per heavy atom. The molecule has 0 atom stereocenters. The van der Waals surface area contributed by atoms with Crippen molar-refractivity contribution in [2.45, 2.75) is 17.7 Å². The highest BCUT2D eigenvalue weighted by Gasteiger charge is 2.29. The fourth-order valence-corrected chi connectivity index (χ4v) is 4.33. The minimum absolute atomic E-state index is 0.0784. The van der Waals surface area contributed by atoms with Gasteiger partial charge in [-0.1, -0.05) is 6.07 Å². The van der Waals surface area contributed by atoms with Crippen molar-refractivity contribution in [1.29, 1.82) is 5.26 Å². The maximum atomic E-state index is 12.6. The van der Waals surface area contributed by atoms with E-state index in [9.17, 15) is 13.2 Å². The number of aromatic nitrogens is 1. The molecule has 2 heterocycles. The number of ether oxygens (including phenoxy) is 1. The molecule has 1 fully saturated rings. The van der Waals surface area contributed by atoms with Gasteiger partial charge in [-0.2, -0.15) is 9.57 Å². The second-order valence-electron chi connectivity index (χ2n) is 5.81. The number of aryl methyl sites for hydroxylation is 1. The predicted octanol–water partition coefficient (Wildman–Crippen LogP) is 1.90. The molecule has 1 saturated heterocycles. The van der Waals surface area contributed by atoms with Crippen LogP contribution >= 0.6 is 0 Å². The highest BCUT2D eigenvalue weighted by atomic mass is 32.2. The largest absolute Gasteiger partial charge is 0.422 e. The molecule has 0 radical (unpaired) electrons. The van der Waals surface area contributed by atoms with E-state index in [0.29, 0.717) is 18.7 Å². The lowest BCUT2D eigenvalue weighted by atomic mass is 10.2. The van der Waals surface area contributed by atoms with E-state index in [0.717, 1.165) is 12.8 Å². The highest BCUT2D eigenvalue weighted by Crippen LogP contribution is 2.23. The molecule has 0 spiro atoms. The zero-order chi connectivity index (χ0) is 18.0. The summed E-state index contributed by atoms with van der Waals surface area (Å²) in [6.07, 6.45) is 3.10. The first-order chi connectivity index (χ1) is 11.9. The molecule has 1 aliphatic rings. The van der Waals surface area contributed by atoms with Crippen LogP contribution in [0.1, 0.15) is 28.9 Å². The molecule has 0 unspecified atom stereocenters. The Kier molecular flexibility index (Phi) is 4.61. The van der Waals surface area contributed by atoms with Crippen LogP contribution in [0.3, 0.4) is 0 Å². The lowest BCUT2D eigenvalue weighted by Crippen LogP contribution is -2.27. The van der Waals surface area contributed by atoms with Gasteiger partial charge in [0, 0.05) is 26.3 Å². The van der Waals surface area contributed by atoms with E-state index >= 15 is 0 Å². The zero-order valence-electron chi connectivity index (χ0n) is 13.7. The van der Waals surface area contributed by atoms with Crippen LogP contribution in [0, 0.1) is 11.3 Å². The molecule has 0 N–H and O–H groups in total. The van der Waals surface area contributed by atoms with Crippen LogP contribution in [0.2, 0.25) is 0 Å².